The van der Waals surface area contributed by atoms with Crippen molar-refractivity contribution in [2.45, 2.75) is 66.8 Å². The molecule has 42 heavy (non-hydrogen) atoms. The summed E-state index contributed by atoms with van der Waals surface area (Å²) in [6, 6.07) is 7.40. The summed E-state index contributed by atoms with van der Waals surface area (Å²) in [5, 5.41) is -1.13. The highest BCUT2D eigenvalue weighted by molar-refractivity contribution is 14.1. The van der Waals surface area contributed by atoms with Crippen molar-refractivity contribution in [3.63, 3.8) is 0 Å². The molecule has 2 aromatic rings. The van der Waals surface area contributed by atoms with E-state index in [0.29, 0.717) is 34.0 Å². The first-order chi connectivity index (χ1) is 19.8. The van der Waals surface area contributed by atoms with Crippen LogP contribution in [0, 0.1) is 28.5 Å². The fourth-order valence-electron chi connectivity index (χ4n) is 7.08. The minimum Gasteiger partial charge on any atom is -0.744 e. The van der Waals surface area contributed by atoms with Gasteiger partial charge < -0.3 is 14.0 Å². The van der Waals surface area contributed by atoms with Gasteiger partial charge in [0.05, 0.1) is 16.4 Å². The number of halogens is 3. The number of carbonyl (C=O) groups is 2. The summed E-state index contributed by atoms with van der Waals surface area (Å²) in [5.74, 6) is -3.91. The molecule has 0 spiro atoms. The first kappa shape index (κ1) is 31.4. The van der Waals surface area contributed by atoms with Crippen molar-refractivity contribution in [1.82, 2.24) is 0 Å². The topological polar surface area (TPSA) is 153 Å². The van der Waals surface area contributed by atoms with E-state index < -0.39 is 67.4 Å². The van der Waals surface area contributed by atoms with Gasteiger partial charge in [-0.2, -0.15) is 8.42 Å². The van der Waals surface area contributed by atoms with Crippen molar-refractivity contribution in [1.29, 1.82) is 0 Å². The minimum atomic E-state index is -4.76. The van der Waals surface area contributed by atoms with Crippen molar-refractivity contribution in [3.8, 4) is 5.75 Å². The number of carbonyl (C=O) groups excluding carboxylic acids is 2. The normalized spacial score (nSPS) is 29.9. The highest BCUT2D eigenvalue weighted by Gasteiger charge is 2.72. The lowest BCUT2D eigenvalue weighted by molar-refractivity contribution is -0.143. The Bertz CT molecular complexity index is 1690. The molecule has 0 amide bonds. The van der Waals surface area contributed by atoms with E-state index in [4.69, 9.17) is 13.7 Å². The SMILES string of the molecule is O=C(OC1C2CC3C1OS(=O)(=O)C3C2C(=O)Oc1ccc(S(=O)(=O)[O-])c(C2CCCCC2)c1)c1cc(I)cc(I)c1I. The van der Waals surface area contributed by atoms with Crippen LogP contribution in [0.5, 0.6) is 5.75 Å². The molecule has 0 N–H and O–H groups in total. The zero-order valence-corrected chi connectivity index (χ0v) is 29.8. The standard InChI is InChI=1S/C27H25I3O10S2/c28-13-8-17(22(30)19(29)9-13)26(31)39-23-16-11-18-24(23)40-42(36,37)25(18)21(16)27(32)38-14-6-7-20(41(33,34)35)15(10-14)12-4-2-1-3-5-12/h6-10,12,16,18,21,23-25H,1-5,11H2,(H,33,34,35)/p-1. The molecule has 226 valence electrons. The van der Waals surface area contributed by atoms with Crippen LogP contribution in [-0.4, -0.2) is 50.8 Å². The summed E-state index contributed by atoms with van der Waals surface area (Å²) < 4.78 is 81.4. The smallest absolute Gasteiger partial charge is 0.339 e. The van der Waals surface area contributed by atoms with Crippen LogP contribution in [0.2, 0.25) is 0 Å². The highest BCUT2D eigenvalue weighted by atomic mass is 127. The van der Waals surface area contributed by atoms with E-state index in [1.165, 1.54) is 12.1 Å². The van der Waals surface area contributed by atoms with E-state index in [0.717, 1.165) is 32.5 Å². The first-order valence-corrected chi connectivity index (χ1v) is 19.5. The summed E-state index contributed by atoms with van der Waals surface area (Å²) in [6.45, 7) is 0. The lowest BCUT2D eigenvalue weighted by Gasteiger charge is -2.30. The van der Waals surface area contributed by atoms with Gasteiger partial charge in [0.15, 0.2) is 0 Å². The Morgan fingerprint density at radius 2 is 1.71 bits per heavy atom. The third-order valence-corrected chi connectivity index (χ3v) is 15.1. The summed E-state index contributed by atoms with van der Waals surface area (Å²) in [7, 11) is -8.90. The maximum Gasteiger partial charge on any atom is 0.339 e. The summed E-state index contributed by atoms with van der Waals surface area (Å²) in [6.07, 6.45) is 2.67. The lowest BCUT2D eigenvalue weighted by atomic mass is 9.84. The molecule has 0 aromatic heterocycles. The molecule has 1 saturated heterocycles. The fraction of sp³-hybridized carbons (Fsp3) is 0.481. The van der Waals surface area contributed by atoms with E-state index in [2.05, 4.69) is 67.8 Å². The van der Waals surface area contributed by atoms with Crippen LogP contribution in [0.25, 0.3) is 0 Å². The monoisotopic (exact) mass is 953 g/mol. The minimum absolute atomic E-state index is 0.0279. The predicted molar refractivity (Wildman–Crippen MR) is 172 cm³/mol. The average molecular weight is 953 g/mol. The Hall–Kier alpha value is -0.610. The molecule has 10 nitrogen and oxygen atoms in total. The summed E-state index contributed by atoms with van der Waals surface area (Å²) >= 11 is 6.28. The lowest BCUT2D eigenvalue weighted by Crippen LogP contribution is -2.46. The molecule has 2 bridgehead atoms. The van der Waals surface area contributed by atoms with Gasteiger partial charge in [0.2, 0.25) is 0 Å². The van der Waals surface area contributed by atoms with Crippen molar-refractivity contribution >= 4 is 99.9 Å². The fourth-order valence-corrected chi connectivity index (χ4v) is 12.3. The van der Waals surface area contributed by atoms with Gasteiger partial charge in [-0.3, -0.25) is 8.98 Å². The summed E-state index contributed by atoms with van der Waals surface area (Å²) in [5.41, 5.74) is 0.656. The molecular weight excluding hydrogens is 929 g/mol. The van der Waals surface area contributed by atoms with E-state index in [1.54, 1.807) is 6.07 Å². The van der Waals surface area contributed by atoms with Gasteiger partial charge in [-0.25, -0.2) is 13.2 Å². The zero-order valence-electron chi connectivity index (χ0n) is 21.7. The second-order valence-electron chi connectivity index (χ2n) is 11.1. The molecule has 6 atom stereocenters. The molecule has 4 aliphatic rings. The molecule has 0 radical (unpaired) electrons. The molecule has 2 aromatic carbocycles. The predicted octanol–water partition coefficient (Wildman–Crippen LogP) is 4.95. The summed E-state index contributed by atoms with van der Waals surface area (Å²) in [4.78, 5) is 26.6. The molecule has 3 saturated carbocycles. The van der Waals surface area contributed by atoms with Gasteiger partial charge in [0.25, 0.3) is 10.1 Å². The van der Waals surface area contributed by atoms with E-state index in [9.17, 15) is 31.0 Å². The molecule has 1 aliphatic heterocycles. The quantitative estimate of drug-likeness (QED) is 0.0972. The van der Waals surface area contributed by atoms with Crippen molar-refractivity contribution in [2.75, 3.05) is 0 Å². The van der Waals surface area contributed by atoms with Crippen LogP contribution in [0.3, 0.4) is 0 Å². The van der Waals surface area contributed by atoms with Crippen LogP contribution in [0.15, 0.2) is 35.2 Å². The van der Waals surface area contributed by atoms with E-state index in [-0.39, 0.29) is 16.6 Å². The van der Waals surface area contributed by atoms with Gasteiger partial charge in [-0.1, -0.05) is 19.3 Å². The van der Waals surface area contributed by atoms with Crippen LogP contribution < -0.4 is 4.74 Å². The number of rotatable bonds is 6. The molecule has 3 aliphatic carbocycles. The molecule has 6 rings (SSSR count). The zero-order chi connectivity index (χ0) is 30.1. The largest absolute Gasteiger partial charge is 0.744 e. The Morgan fingerprint density at radius 1 is 1.00 bits per heavy atom. The number of hydrogen-bond donors (Lipinski definition) is 0. The van der Waals surface area contributed by atoms with Gasteiger partial charge >= 0.3 is 11.9 Å². The number of fused-ring (bicyclic) bond motifs is 1. The third-order valence-electron chi connectivity index (χ3n) is 8.77. The molecule has 6 unspecified atom stereocenters. The number of ether oxygens (including phenoxy) is 2. The molecule has 1 heterocycles. The first-order valence-electron chi connectivity index (χ1n) is 13.4. The Morgan fingerprint density at radius 3 is 2.40 bits per heavy atom. The van der Waals surface area contributed by atoms with E-state index in [1.807, 2.05) is 6.07 Å². The Labute approximate surface area is 284 Å². The van der Waals surface area contributed by atoms with Crippen molar-refractivity contribution in [3.05, 3.63) is 52.2 Å². The molecule has 4 fully saturated rings. The Balaban J connectivity index is 1.28. The average Bonchev–Trinajstić information content (AvgIpc) is 3.53. The number of benzene rings is 2. The third kappa shape index (κ3) is 5.65. The van der Waals surface area contributed by atoms with Crippen molar-refractivity contribution < 1.29 is 44.6 Å². The Kier molecular flexibility index (Phi) is 8.69. The van der Waals surface area contributed by atoms with Crippen LogP contribution in [0.1, 0.15) is 60.4 Å². The van der Waals surface area contributed by atoms with Crippen LogP contribution in [0.4, 0.5) is 0 Å². The molecule has 15 heteroatoms. The highest BCUT2D eigenvalue weighted by Crippen LogP contribution is 2.59. The second-order valence-corrected chi connectivity index (χ2v) is 17.7. The van der Waals surface area contributed by atoms with Gasteiger partial charge in [-0.15, -0.1) is 0 Å². The maximum absolute atomic E-state index is 13.6. The van der Waals surface area contributed by atoms with Gasteiger partial charge in [0, 0.05) is 22.5 Å². The molecular formula is C27H24I3O10S2-. The van der Waals surface area contributed by atoms with Crippen molar-refractivity contribution in [2.24, 2.45) is 17.8 Å². The van der Waals surface area contributed by atoms with Crippen LogP contribution in [-0.2, 0) is 34.0 Å². The maximum atomic E-state index is 13.6. The number of hydrogen-bond acceptors (Lipinski definition) is 10. The number of esters is 2. The van der Waals surface area contributed by atoms with Gasteiger partial charge in [0.1, 0.15) is 33.3 Å². The van der Waals surface area contributed by atoms with E-state index >= 15 is 0 Å². The van der Waals surface area contributed by atoms with Gasteiger partial charge in [-0.05, 0) is 129 Å². The second kappa shape index (κ2) is 11.6. The van der Waals surface area contributed by atoms with Crippen LogP contribution >= 0.6 is 67.8 Å².